The molecule has 9 heteroatoms. The molecule has 1 heterocycles. The van der Waals surface area contributed by atoms with Crippen molar-refractivity contribution in [1.82, 2.24) is 14.5 Å². The molecule has 3 aromatic carbocycles. The summed E-state index contributed by atoms with van der Waals surface area (Å²) in [5.41, 5.74) is 6.07. The van der Waals surface area contributed by atoms with E-state index in [2.05, 4.69) is 36.4 Å². The lowest BCUT2D eigenvalue weighted by Gasteiger charge is -2.20. The molecule has 0 aliphatic rings. The monoisotopic (exact) mass is 583 g/mol. The second-order valence-electron chi connectivity index (χ2n) is 11.7. The second kappa shape index (κ2) is 13.8. The fraction of sp³-hybridized carbons (Fsp3) is 0.324. The van der Waals surface area contributed by atoms with E-state index in [1.54, 1.807) is 13.2 Å². The zero-order chi connectivity index (χ0) is 31.1. The van der Waals surface area contributed by atoms with Crippen molar-refractivity contribution < 1.29 is 15.0 Å². The molecule has 0 aliphatic heterocycles. The fourth-order valence-corrected chi connectivity index (χ4v) is 4.82. The number of nitrogens with one attached hydrogen (secondary N) is 2. The summed E-state index contributed by atoms with van der Waals surface area (Å²) in [5.74, 6) is -0.0153. The minimum Gasteiger partial charge on any atom is -0.395 e. The van der Waals surface area contributed by atoms with E-state index in [1.807, 2.05) is 78.6 Å². The van der Waals surface area contributed by atoms with Gasteiger partial charge in [-0.05, 0) is 59.4 Å². The fourth-order valence-electron chi connectivity index (χ4n) is 4.82. The number of aryl methyl sites for hydroxylation is 1. The Morgan fingerprint density at radius 1 is 0.953 bits per heavy atom. The zero-order valence-electron chi connectivity index (χ0n) is 25.5. The summed E-state index contributed by atoms with van der Waals surface area (Å²) in [7, 11) is 1.68. The molecule has 0 aliphatic carbocycles. The summed E-state index contributed by atoms with van der Waals surface area (Å²) in [6.07, 6.45) is 1.69. The van der Waals surface area contributed by atoms with Gasteiger partial charge in [0, 0.05) is 55.4 Å². The Morgan fingerprint density at radius 3 is 2.21 bits per heavy atom. The number of aliphatic hydroxyl groups is 2. The van der Waals surface area contributed by atoms with Crippen molar-refractivity contribution in [3.63, 3.8) is 0 Å². The Kier molecular flexibility index (Phi) is 10.1. The van der Waals surface area contributed by atoms with Gasteiger partial charge in [0.25, 0.3) is 11.5 Å². The average molecular weight is 584 g/mol. The lowest BCUT2D eigenvalue weighted by molar-refractivity contribution is 0.102. The van der Waals surface area contributed by atoms with E-state index in [-0.39, 0.29) is 35.9 Å². The number of amides is 1. The Labute approximate surface area is 252 Å². The minimum absolute atomic E-state index is 0.00307. The average Bonchev–Trinajstić information content (AvgIpc) is 2.97. The van der Waals surface area contributed by atoms with Crippen LogP contribution in [0.1, 0.15) is 47.8 Å². The highest BCUT2D eigenvalue weighted by atomic mass is 16.3. The van der Waals surface area contributed by atoms with Crippen molar-refractivity contribution in [3.8, 4) is 11.3 Å². The van der Waals surface area contributed by atoms with Crippen molar-refractivity contribution in [2.24, 2.45) is 7.05 Å². The molecule has 0 bridgehead atoms. The third kappa shape index (κ3) is 7.95. The van der Waals surface area contributed by atoms with Crippen molar-refractivity contribution in [2.75, 3.05) is 36.9 Å². The number of rotatable bonds is 11. The van der Waals surface area contributed by atoms with Crippen LogP contribution in [-0.2, 0) is 19.0 Å². The summed E-state index contributed by atoms with van der Waals surface area (Å²) in [6, 6.07) is 20.9. The van der Waals surface area contributed by atoms with E-state index in [4.69, 9.17) is 0 Å². The largest absolute Gasteiger partial charge is 0.395 e. The molecule has 1 amide bonds. The summed E-state index contributed by atoms with van der Waals surface area (Å²) in [6.45, 7) is 9.90. The molecule has 0 saturated carbocycles. The molecule has 9 nitrogen and oxygen atoms in total. The number of aliphatic hydroxyl groups excluding tert-OH is 2. The van der Waals surface area contributed by atoms with Crippen LogP contribution in [0.2, 0.25) is 0 Å². The first-order chi connectivity index (χ1) is 20.5. The topological polar surface area (TPSA) is 120 Å². The molecule has 1 aromatic heterocycles. The number of benzene rings is 3. The second-order valence-corrected chi connectivity index (χ2v) is 11.7. The summed E-state index contributed by atoms with van der Waals surface area (Å²) >= 11 is 0. The molecule has 0 fully saturated rings. The highest BCUT2D eigenvalue weighted by molar-refractivity contribution is 6.05. The first-order valence-electron chi connectivity index (χ1n) is 14.4. The standard InChI is InChI=1S/C34H41N5O4/c1-23-28(7-6-8-29(23)37-32(42)25-11-13-26(14-12-25)34(2,3)4)30-22-38(5)33(43)31(36-30)35-27-15-9-24(10-16-27)21-39(17-19-40)18-20-41/h6-16,22,40-41H,17-21H2,1-5H3,(H,35,36)(H,37,42). The van der Waals surface area contributed by atoms with Crippen molar-refractivity contribution in [2.45, 2.75) is 39.7 Å². The summed E-state index contributed by atoms with van der Waals surface area (Å²) in [4.78, 5) is 32.7. The van der Waals surface area contributed by atoms with E-state index >= 15 is 0 Å². The van der Waals surface area contributed by atoms with Gasteiger partial charge < -0.3 is 25.4 Å². The van der Waals surface area contributed by atoms with Crippen LogP contribution < -0.4 is 16.2 Å². The highest BCUT2D eigenvalue weighted by Gasteiger charge is 2.17. The van der Waals surface area contributed by atoms with Crippen LogP contribution in [0.15, 0.2) is 77.7 Å². The van der Waals surface area contributed by atoms with Crippen LogP contribution in [-0.4, -0.2) is 56.9 Å². The predicted octanol–water partition coefficient (Wildman–Crippen LogP) is 4.84. The molecule has 4 aromatic rings. The van der Waals surface area contributed by atoms with E-state index in [0.29, 0.717) is 42.3 Å². The molecule has 0 saturated heterocycles. The number of aromatic nitrogens is 2. The van der Waals surface area contributed by atoms with Gasteiger partial charge in [-0.2, -0.15) is 0 Å². The molecule has 43 heavy (non-hydrogen) atoms. The lowest BCUT2D eigenvalue weighted by atomic mass is 9.86. The first-order valence-corrected chi connectivity index (χ1v) is 14.4. The van der Waals surface area contributed by atoms with Gasteiger partial charge in [-0.15, -0.1) is 0 Å². The minimum atomic E-state index is -0.272. The number of hydrogen-bond donors (Lipinski definition) is 4. The van der Waals surface area contributed by atoms with Gasteiger partial charge in [0.1, 0.15) is 0 Å². The molecule has 4 N–H and O–H groups in total. The predicted molar refractivity (Wildman–Crippen MR) is 172 cm³/mol. The third-order valence-corrected chi connectivity index (χ3v) is 7.40. The van der Waals surface area contributed by atoms with Gasteiger partial charge in [-0.1, -0.05) is 57.2 Å². The normalized spacial score (nSPS) is 11.5. The number of nitrogens with zero attached hydrogens (tertiary/aromatic N) is 3. The Balaban J connectivity index is 1.54. The van der Waals surface area contributed by atoms with Gasteiger partial charge in [0.05, 0.1) is 18.9 Å². The van der Waals surface area contributed by atoms with Gasteiger partial charge in [-0.3, -0.25) is 14.5 Å². The van der Waals surface area contributed by atoms with E-state index in [9.17, 15) is 19.8 Å². The SMILES string of the molecule is Cc1c(NC(=O)c2ccc(C(C)(C)C)cc2)cccc1-c1cn(C)c(=O)c(Nc2ccc(CN(CCO)CCO)cc2)n1. The maximum atomic E-state index is 13.1. The molecule has 0 atom stereocenters. The molecular formula is C34H41N5O4. The van der Waals surface area contributed by atoms with Gasteiger partial charge in [0.15, 0.2) is 5.82 Å². The number of hydrogen-bond acceptors (Lipinski definition) is 7. The van der Waals surface area contributed by atoms with Crippen LogP contribution in [0.4, 0.5) is 17.2 Å². The van der Waals surface area contributed by atoms with Gasteiger partial charge in [-0.25, -0.2) is 4.98 Å². The smallest absolute Gasteiger partial charge is 0.293 e. The Hall–Kier alpha value is -4.31. The maximum Gasteiger partial charge on any atom is 0.293 e. The van der Waals surface area contributed by atoms with Crippen LogP contribution in [0, 0.1) is 6.92 Å². The van der Waals surface area contributed by atoms with E-state index in [1.165, 1.54) is 4.57 Å². The zero-order valence-corrected chi connectivity index (χ0v) is 25.5. The number of carbonyl (C=O) groups excluding carboxylic acids is 1. The molecule has 4 rings (SSSR count). The molecule has 0 radical (unpaired) electrons. The molecule has 0 spiro atoms. The van der Waals surface area contributed by atoms with Crippen LogP contribution >= 0.6 is 0 Å². The molecule has 0 unspecified atom stereocenters. The first kappa shape index (κ1) is 31.6. The van der Waals surface area contributed by atoms with Gasteiger partial charge in [0.2, 0.25) is 0 Å². The van der Waals surface area contributed by atoms with Crippen LogP contribution in [0.25, 0.3) is 11.3 Å². The van der Waals surface area contributed by atoms with Crippen molar-refractivity contribution >= 4 is 23.1 Å². The summed E-state index contributed by atoms with van der Waals surface area (Å²) < 4.78 is 1.49. The number of carbonyl (C=O) groups is 1. The van der Waals surface area contributed by atoms with Crippen LogP contribution in [0.5, 0.6) is 0 Å². The van der Waals surface area contributed by atoms with Gasteiger partial charge >= 0.3 is 0 Å². The third-order valence-electron chi connectivity index (χ3n) is 7.40. The maximum absolute atomic E-state index is 13.1. The molecular weight excluding hydrogens is 542 g/mol. The summed E-state index contributed by atoms with van der Waals surface area (Å²) in [5, 5.41) is 24.7. The quantitative estimate of drug-likeness (QED) is 0.200. The van der Waals surface area contributed by atoms with Crippen molar-refractivity contribution in [3.05, 3.63) is 106 Å². The molecule has 226 valence electrons. The lowest BCUT2D eigenvalue weighted by Crippen LogP contribution is -2.29. The number of anilines is 3. The Bertz CT molecular complexity index is 1600. The highest BCUT2D eigenvalue weighted by Crippen LogP contribution is 2.29. The van der Waals surface area contributed by atoms with E-state index in [0.717, 1.165) is 22.3 Å². The van der Waals surface area contributed by atoms with Crippen molar-refractivity contribution in [1.29, 1.82) is 0 Å². The van der Waals surface area contributed by atoms with Crippen LogP contribution in [0.3, 0.4) is 0 Å². The van der Waals surface area contributed by atoms with E-state index < -0.39 is 0 Å². The Morgan fingerprint density at radius 2 is 1.60 bits per heavy atom.